The topological polar surface area (TPSA) is 37.2 Å². The molecule has 0 unspecified atom stereocenters. The minimum Gasteiger partial charge on any atom is -0.868 e. The standard InChI is InChI=1S/C9H7NO.C2H6.Cs/c11-8-5-1-3-7-4-2-6-10-9(7)8;1-2;/h1-6,11H;1-2H3;/q;;+1. The maximum absolute atomic E-state index is 11.1. The molecule has 2 nitrogen and oxygen atoms in total. The van der Waals surface area contributed by atoms with Crippen molar-refractivity contribution in [1.82, 2.24) is 0 Å². The molecule has 3 heteroatoms. The Kier molecular flexibility index (Phi) is 8.00. The smallest absolute Gasteiger partial charge is 0.868 e. The van der Waals surface area contributed by atoms with Crippen LogP contribution in [0.2, 0.25) is 0 Å². The number of hydrogen-bond donors (Lipinski definition) is 0. The maximum atomic E-state index is 11.1. The fraction of sp³-hybridized carbons (Fsp3) is 0.182. The number of hydrogen-bond acceptors (Lipinski definition) is 1. The number of pyridine rings is 1. The fourth-order valence-corrected chi connectivity index (χ4v) is 1.12. The third-order valence-corrected chi connectivity index (χ3v) is 1.66. The van der Waals surface area contributed by atoms with E-state index in [0.29, 0.717) is 5.52 Å². The summed E-state index contributed by atoms with van der Waals surface area (Å²) in [4.78, 5) is 2.91. The molecule has 0 aliphatic rings. The van der Waals surface area contributed by atoms with E-state index in [1.807, 2.05) is 32.0 Å². The first-order chi connectivity index (χ1) is 6.38. The number of para-hydroxylation sites is 1. The van der Waals surface area contributed by atoms with Gasteiger partial charge in [0.25, 0.3) is 0 Å². The van der Waals surface area contributed by atoms with E-state index < -0.39 is 0 Å². The number of H-pyrrole nitrogens is 1. The zero-order valence-electron chi connectivity index (χ0n) is 8.87. The monoisotopic (exact) mass is 308 g/mol. The van der Waals surface area contributed by atoms with Crippen molar-refractivity contribution in [2.24, 2.45) is 0 Å². The Balaban J connectivity index is 0.000000531. The summed E-state index contributed by atoms with van der Waals surface area (Å²) in [5.41, 5.74) is 0.676. The predicted octanol–water partition coefficient (Wildman–Crippen LogP) is -1.24. The van der Waals surface area contributed by atoms with Gasteiger partial charge >= 0.3 is 68.9 Å². The van der Waals surface area contributed by atoms with Gasteiger partial charge in [-0.15, -0.1) is 0 Å². The van der Waals surface area contributed by atoms with Crippen LogP contribution in [-0.4, -0.2) is 0 Å². The van der Waals surface area contributed by atoms with Crippen LogP contribution in [0.15, 0.2) is 36.5 Å². The van der Waals surface area contributed by atoms with E-state index in [0.717, 1.165) is 5.39 Å². The van der Waals surface area contributed by atoms with Crippen molar-refractivity contribution in [2.75, 3.05) is 0 Å². The number of aromatic amines is 1. The van der Waals surface area contributed by atoms with Crippen LogP contribution in [0.4, 0.5) is 0 Å². The molecule has 1 heterocycles. The second kappa shape index (κ2) is 7.73. The molecule has 14 heavy (non-hydrogen) atoms. The van der Waals surface area contributed by atoms with Crippen LogP contribution in [0.1, 0.15) is 13.8 Å². The van der Waals surface area contributed by atoms with Crippen LogP contribution in [0, 0.1) is 0 Å². The van der Waals surface area contributed by atoms with Crippen molar-refractivity contribution in [3.05, 3.63) is 36.5 Å². The first-order valence-corrected chi connectivity index (χ1v) is 4.44. The Labute approximate surface area is 143 Å². The number of nitrogens with one attached hydrogen (secondary N) is 1. The molecule has 0 saturated carbocycles. The van der Waals surface area contributed by atoms with Gasteiger partial charge in [0.05, 0.1) is 0 Å². The van der Waals surface area contributed by atoms with Crippen molar-refractivity contribution in [2.45, 2.75) is 13.8 Å². The van der Waals surface area contributed by atoms with E-state index in [1.54, 1.807) is 18.3 Å². The van der Waals surface area contributed by atoms with E-state index in [2.05, 4.69) is 4.98 Å². The van der Waals surface area contributed by atoms with Gasteiger partial charge in [-0.3, -0.25) is 0 Å². The Morgan fingerprint density at radius 2 is 1.71 bits per heavy atom. The van der Waals surface area contributed by atoms with Gasteiger partial charge in [0.2, 0.25) is 5.52 Å². The number of fused-ring (bicyclic) bond motifs is 1. The number of rotatable bonds is 0. The van der Waals surface area contributed by atoms with E-state index in [9.17, 15) is 5.11 Å². The first kappa shape index (κ1) is 14.5. The van der Waals surface area contributed by atoms with E-state index >= 15 is 0 Å². The average molecular weight is 308 g/mol. The van der Waals surface area contributed by atoms with Gasteiger partial charge < -0.3 is 5.11 Å². The molecule has 68 valence electrons. The Hall–Kier alpha value is 0.482. The molecule has 1 aromatic carbocycles. The van der Waals surface area contributed by atoms with Crippen LogP contribution < -0.4 is 79.0 Å². The van der Waals surface area contributed by atoms with Gasteiger partial charge in [-0.25, -0.2) is 4.98 Å². The molecule has 0 amide bonds. The summed E-state index contributed by atoms with van der Waals surface area (Å²) in [6, 6.07) is 9.01. The van der Waals surface area contributed by atoms with Crippen LogP contribution in [0.25, 0.3) is 10.9 Å². The quantitative estimate of drug-likeness (QED) is 0.600. The molecule has 1 N–H and O–H groups in total. The molecule has 2 aromatic rings. The van der Waals surface area contributed by atoms with Crippen LogP contribution >= 0.6 is 0 Å². The van der Waals surface area contributed by atoms with Crippen LogP contribution in [0.5, 0.6) is 5.75 Å². The summed E-state index contributed by atoms with van der Waals surface area (Å²) in [5, 5.41) is 12.1. The summed E-state index contributed by atoms with van der Waals surface area (Å²) < 4.78 is 0. The van der Waals surface area contributed by atoms with Gasteiger partial charge in [0.1, 0.15) is 0 Å². The summed E-state index contributed by atoms with van der Waals surface area (Å²) in [6.07, 6.45) is 1.75. The molecular formula is C11H13CsNO+. The van der Waals surface area contributed by atoms with Gasteiger partial charge in [0.15, 0.2) is 6.20 Å². The zero-order chi connectivity index (χ0) is 9.68. The minimum absolute atomic E-state index is 0. The molecule has 2 rings (SSSR count). The van der Waals surface area contributed by atoms with Gasteiger partial charge in [-0.1, -0.05) is 26.0 Å². The summed E-state index contributed by atoms with van der Waals surface area (Å²) in [7, 11) is 0. The van der Waals surface area contributed by atoms with Crippen molar-refractivity contribution < 1.29 is 79.0 Å². The molecule has 0 fully saturated rings. The van der Waals surface area contributed by atoms with Crippen molar-refractivity contribution in [3.8, 4) is 5.75 Å². The molecule has 0 saturated heterocycles. The fourth-order valence-electron chi connectivity index (χ4n) is 1.12. The van der Waals surface area contributed by atoms with Crippen LogP contribution in [-0.2, 0) is 0 Å². The Morgan fingerprint density at radius 1 is 1.07 bits per heavy atom. The predicted molar refractivity (Wildman–Crippen MR) is 51.3 cm³/mol. The molecule has 0 aliphatic carbocycles. The first-order valence-electron chi connectivity index (χ1n) is 4.44. The Bertz CT molecular complexity index is 384. The normalized spacial score (nSPS) is 8.43. The third-order valence-electron chi connectivity index (χ3n) is 1.66. The van der Waals surface area contributed by atoms with Crippen molar-refractivity contribution >= 4 is 10.9 Å². The van der Waals surface area contributed by atoms with E-state index in [-0.39, 0.29) is 74.6 Å². The minimum atomic E-state index is 0. The summed E-state index contributed by atoms with van der Waals surface area (Å²) in [5.74, 6) is 0.0445. The third kappa shape index (κ3) is 3.57. The second-order valence-electron chi connectivity index (χ2n) is 2.39. The maximum Gasteiger partial charge on any atom is 1.00 e. The zero-order valence-corrected chi connectivity index (χ0v) is 15.2. The van der Waals surface area contributed by atoms with Gasteiger partial charge in [0, 0.05) is 11.5 Å². The molecule has 0 aliphatic heterocycles. The average Bonchev–Trinajstić information content (AvgIpc) is 2.22. The van der Waals surface area contributed by atoms with E-state index in [4.69, 9.17) is 0 Å². The largest absolute Gasteiger partial charge is 1.00 e. The molecule has 0 atom stereocenters. The Morgan fingerprint density at radius 3 is 2.36 bits per heavy atom. The van der Waals surface area contributed by atoms with Crippen molar-refractivity contribution in [1.29, 1.82) is 0 Å². The van der Waals surface area contributed by atoms with Crippen LogP contribution in [0.3, 0.4) is 0 Å². The molecule has 1 aromatic heterocycles. The van der Waals surface area contributed by atoms with Crippen molar-refractivity contribution in [3.63, 3.8) is 0 Å². The molecule has 0 radical (unpaired) electrons. The summed E-state index contributed by atoms with van der Waals surface area (Å²) in [6.45, 7) is 4.00. The molecule has 0 spiro atoms. The molecule has 0 bridgehead atoms. The number of aromatic nitrogens is 1. The second-order valence-corrected chi connectivity index (χ2v) is 2.39. The SMILES string of the molecule is CC.[Cs+].[O-]c1cccc2ccc[nH+]c12. The van der Waals surface area contributed by atoms with Gasteiger partial charge in [-0.2, -0.15) is 0 Å². The van der Waals surface area contributed by atoms with E-state index in [1.165, 1.54) is 0 Å². The molecular weight excluding hydrogens is 295 g/mol. The number of benzene rings is 1. The summed E-state index contributed by atoms with van der Waals surface area (Å²) >= 11 is 0. The van der Waals surface area contributed by atoms with Gasteiger partial charge in [-0.05, 0) is 17.9 Å².